The Morgan fingerprint density at radius 2 is 1.65 bits per heavy atom. The molecule has 1 heterocycles. The highest BCUT2D eigenvalue weighted by molar-refractivity contribution is 6.51. The van der Waals surface area contributed by atoms with E-state index >= 15 is 0 Å². The van der Waals surface area contributed by atoms with Crippen LogP contribution in [0.25, 0.3) is 5.76 Å². The summed E-state index contributed by atoms with van der Waals surface area (Å²) in [6.07, 6.45) is 0. The van der Waals surface area contributed by atoms with E-state index in [1.165, 1.54) is 17.9 Å². The molecule has 3 aromatic rings. The standard InChI is InChI=1S/C27H22ClNO5/c1-15-10-16(2)12-21(11-15)29-24(18-6-5-9-22(14-18)34-17(3)30)23(26(32)27(29)33)25(31)19-7-4-8-20(28)13-19/h4-14,24,31H,1-3H3/b25-23+. The molecule has 4 rings (SSSR count). The summed E-state index contributed by atoms with van der Waals surface area (Å²) >= 11 is 6.10. The number of hydrogen-bond acceptors (Lipinski definition) is 5. The highest BCUT2D eigenvalue weighted by atomic mass is 35.5. The lowest BCUT2D eigenvalue weighted by molar-refractivity contribution is -0.132. The molecule has 7 heteroatoms. The number of aliphatic hydroxyl groups excluding tert-OH is 1. The second kappa shape index (κ2) is 9.15. The number of esters is 1. The molecular formula is C27H22ClNO5. The molecule has 34 heavy (non-hydrogen) atoms. The van der Waals surface area contributed by atoms with Crippen molar-refractivity contribution in [2.45, 2.75) is 26.8 Å². The van der Waals surface area contributed by atoms with Crippen molar-refractivity contribution in [2.24, 2.45) is 0 Å². The Bertz CT molecular complexity index is 1340. The summed E-state index contributed by atoms with van der Waals surface area (Å²) in [4.78, 5) is 39.4. The monoisotopic (exact) mass is 475 g/mol. The quantitative estimate of drug-likeness (QED) is 0.177. The third-order valence-corrected chi connectivity index (χ3v) is 5.70. The number of carbonyl (C=O) groups is 3. The maximum Gasteiger partial charge on any atom is 0.308 e. The number of ether oxygens (including phenoxy) is 1. The summed E-state index contributed by atoms with van der Waals surface area (Å²) in [5.74, 6) is -2.16. The summed E-state index contributed by atoms with van der Waals surface area (Å²) in [5, 5.41) is 11.6. The molecule has 1 aliphatic rings. The lowest BCUT2D eigenvalue weighted by atomic mass is 9.94. The largest absolute Gasteiger partial charge is 0.507 e. The van der Waals surface area contributed by atoms with E-state index in [4.69, 9.17) is 16.3 Å². The normalized spacial score (nSPS) is 17.2. The van der Waals surface area contributed by atoms with Gasteiger partial charge in [-0.2, -0.15) is 0 Å². The number of anilines is 1. The second-order valence-electron chi connectivity index (χ2n) is 8.19. The first kappa shape index (κ1) is 23.3. The number of aryl methyl sites for hydroxylation is 2. The maximum absolute atomic E-state index is 13.3. The number of carbonyl (C=O) groups excluding carboxylic acids is 3. The number of Topliss-reactive ketones (excluding diaryl/α,β-unsaturated/α-hetero) is 1. The molecule has 1 saturated heterocycles. The fourth-order valence-corrected chi connectivity index (χ4v) is 4.40. The molecule has 1 aliphatic heterocycles. The number of aliphatic hydroxyl groups is 1. The SMILES string of the molecule is CC(=O)Oc1cccc(C2/C(=C(\O)c3cccc(Cl)c3)C(=O)C(=O)N2c2cc(C)cc(C)c2)c1. The number of benzene rings is 3. The first-order chi connectivity index (χ1) is 16.2. The molecule has 1 amide bonds. The minimum Gasteiger partial charge on any atom is -0.507 e. The number of nitrogens with zero attached hydrogens (tertiary/aromatic N) is 1. The summed E-state index contributed by atoms with van der Waals surface area (Å²) in [6.45, 7) is 5.08. The van der Waals surface area contributed by atoms with E-state index in [1.54, 1.807) is 54.6 Å². The molecule has 3 aromatic carbocycles. The average Bonchev–Trinajstić information content (AvgIpc) is 3.03. The topological polar surface area (TPSA) is 83.9 Å². The molecule has 1 atom stereocenters. The lowest BCUT2D eigenvalue weighted by Crippen LogP contribution is -2.29. The van der Waals surface area contributed by atoms with E-state index in [2.05, 4.69) is 0 Å². The summed E-state index contributed by atoms with van der Waals surface area (Å²) in [5.41, 5.74) is 3.09. The van der Waals surface area contributed by atoms with E-state index in [0.29, 0.717) is 21.8 Å². The Kier molecular flexibility index (Phi) is 6.26. The van der Waals surface area contributed by atoms with Crippen LogP contribution in [0.5, 0.6) is 5.75 Å². The Hall–Kier alpha value is -3.90. The predicted molar refractivity (Wildman–Crippen MR) is 130 cm³/mol. The van der Waals surface area contributed by atoms with Crippen LogP contribution in [0.1, 0.15) is 35.2 Å². The minimum absolute atomic E-state index is 0.0774. The van der Waals surface area contributed by atoms with Crippen LogP contribution in [-0.2, 0) is 14.4 Å². The first-order valence-corrected chi connectivity index (χ1v) is 11.0. The molecule has 0 aliphatic carbocycles. The fraction of sp³-hybridized carbons (Fsp3) is 0.148. The Morgan fingerprint density at radius 3 is 2.29 bits per heavy atom. The molecule has 1 unspecified atom stereocenters. The molecule has 1 N–H and O–H groups in total. The molecule has 0 bridgehead atoms. The number of rotatable bonds is 4. The van der Waals surface area contributed by atoms with Crippen molar-refractivity contribution in [1.82, 2.24) is 0 Å². The van der Waals surface area contributed by atoms with Gasteiger partial charge >= 0.3 is 5.97 Å². The molecule has 0 aromatic heterocycles. The average molecular weight is 476 g/mol. The van der Waals surface area contributed by atoms with E-state index in [9.17, 15) is 19.5 Å². The number of hydrogen-bond donors (Lipinski definition) is 1. The highest BCUT2D eigenvalue weighted by Gasteiger charge is 2.47. The van der Waals surface area contributed by atoms with Gasteiger partial charge in [0.25, 0.3) is 11.7 Å². The molecule has 0 spiro atoms. The smallest absolute Gasteiger partial charge is 0.308 e. The van der Waals surface area contributed by atoms with Gasteiger partial charge in [0.05, 0.1) is 11.6 Å². The van der Waals surface area contributed by atoms with E-state index in [-0.39, 0.29) is 17.1 Å². The van der Waals surface area contributed by atoms with Crippen LogP contribution < -0.4 is 9.64 Å². The minimum atomic E-state index is -0.948. The third kappa shape index (κ3) is 4.45. The Morgan fingerprint density at radius 1 is 0.971 bits per heavy atom. The highest BCUT2D eigenvalue weighted by Crippen LogP contribution is 2.43. The van der Waals surface area contributed by atoms with E-state index in [0.717, 1.165) is 11.1 Å². The molecular weight excluding hydrogens is 454 g/mol. The second-order valence-corrected chi connectivity index (χ2v) is 8.63. The maximum atomic E-state index is 13.3. The fourth-order valence-electron chi connectivity index (χ4n) is 4.21. The first-order valence-electron chi connectivity index (χ1n) is 10.6. The van der Waals surface area contributed by atoms with Gasteiger partial charge in [0.1, 0.15) is 11.5 Å². The Balaban J connectivity index is 1.97. The number of ketones is 1. The summed E-state index contributed by atoms with van der Waals surface area (Å²) in [7, 11) is 0. The van der Waals surface area contributed by atoms with Gasteiger partial charge < -0.3 is 9.84 Å². The van der Waals surface area contributed by atoms with Crippen molar-refractivity contribution in [2.75, 3.05) is 4.90 Å². The number of amides is 1. The van der Waals surface area contributed by atoms with E-state index in [1.807, 2.05) is 19.9 Å². The molecule has 1 fully saturated rings. The zero-order chi connectivity index (χ0) is 24.6. The van der Waals surface area contributed by atoms with Crippen LogP contribution in [-0.4, -0.2) is 22.8 Å². The Labute approximate surface area is 202 Å². The van der Waals surface area contributed by atoms with Crippen LogP contribution in [0, 0.1) is 13.8 Å². The van der Waals surface area contributed by atoms with Gasteiger partial charge in [0.15, 0.2) is 0 Å². The van der Waals surface area contributed by atoms with Crippen LogP contribution in [0.2, 0.25) is 5.02 Å². The zero-order valence-electron chi connectivity index (χ0n) is 18.8. The van der Waals surface area contributed by atoms with Crippen molar-refractivity contribution in [3.05, 3.63) is 99.6 Å². The predicted octanol–water partition coefficient (Wildman–Crippen LogP) is 5.51. The van der Waals surface area contributed by atoms with Crippen molar-refractivity contribution < 1.29 is 24.2 Å². The van der Waals surface area contributed by atoms with Crippen molar-refractivity contribution in [1.29, 1.82) is 0 Å². The van der Waals surface area contributed by atoms with Gasteiger partial charge in [-0.05, 0) is 66.9 Å². The molecule has 172 valence electrons. The van der Waals surface area contributed by atoms with Crippen molar-refractivity contribution in [3.63, 3.8) is 0 Å². The van der Waals surface area contributed by atoms with Crippen LogP contribution in [0.15, 0.2) is 72.3 Å². The third-order valence-electron chi connectivity index (χ3n) is 5.46. The van der Waals surface area contributed by atoms with Crippen LogP contribution >= 0.6 is 11.6 Å². The summed E-state index contributed by atoms with van der Waals surface area (Å²) < 4.78 is 5.22. The lowest BCUT2D eigenvalue weighted by Gasteiger charge is -2.26. The van der Waals surface area contributed by atoms with Gasteiger partial charge in [0, 0.05) is 23.2 Å². The van der Waals surface area contributed by atoms with Gasteiger partial charge in [-0.1, -0.05) is 41.9 Å². The zero-order valence-corrected chi connectivity index (χ0v) is 19.6. The molecule has 0 saturated carbocycles. The van der Waals surface area contributed by atoms with Gasteiger partial charge in [-0.15, -0.1) is 0 Å². The number of halogens is 1. The van der Waals surface area contributed by atoms with Gasteiger partial charge in [0.2, 0.25) is 0 Å². The van der Waals surface area contributed by atoms with Gasteiger partial charge in [-0.3, -0.25) is 19.3 Å². The van der Waals surface area contributed by atoms with Crippen molar-refractivity contribution in [3.8, 4) is 5.75 Å². The van der Waals surface area contributed by atoms with Crippen LogP contribution in [0.3, 0.4) is 0 Å². The molecule has 0 radical (unpaired) electrons. The van der Waals surface area contributed by atoms with Gasteiger partial charge in [-0.25, -0.2) is 0 Å². The molecule has 6 nitrogen and oxygen atoms in total. The van der Waals surface area contributed by atoms with Crippen molar-refractivity contribution >= 4 is 40.7 Å². The van der Waals surface area contributed by atoms with E-state index < -0.39 is 23.7 Å². The van der Waals surface area contributed by atoms with Crippen LogP contribution in [0.4, 0.5) is 5.69 Å². The summed E-state index contributed by atoms with van der Waals surface area (Å²) in [6, 6.07) is 17.6.